The zero-order chi connectivity index (χ0) is 19.3. The maximum atomic E-state index is 13.5. The van der Waals surface area contributed by atoms with Gasteiger partial charge in [0.1, 0.15) is 17.3 Å². The van der Waals surface area contributed by atoms with Crippen LogP contribution in [0.5, 0.6) is 11.5 Å². The molecule has 0 radical (unpaired) electrons. The molecule has 2 aromatic carbocycles. The molecule has 0 spiro atoms. The van der Waals surface area contributed by atoms with Gasteiger partial charge in [-0.05, 0) is 49.6 Å². The van der Waals surface area contributed by atoms with Crippen molar-refractivity contribution in [3.63, 3.8) is 0 Å². The molecule has 0 saturated heterocycles. The Labute approximate surface area is 147 Å². The van der Waals surface area contributed by atoms with E-state index in [1.807, 2.05) is 0 Å². The molecular weight excluding hydrogens is 376 g/mol. The zero-order valence-corrected chi connectivity index (χ0v) is 14.3. The molecule has 1 aliphatic carbocycles. The lowest BCUT2D eigenvalue weighted by atomic mass is 10.1. The van der Waals surface area contributed by atoms with Crippen molar-refractivity contribution in [2.24, 2.45) is 0 Å². The Morgan fingerprint density at radius 2 is 1.88 bits per heavy atom. The number of fused-ring (bicyclic) bond motifs is 1. The third-order valence-corrected chi connectivity index (χ3v) is 5.66. The summed E-state index contributed by atoms with van der Waals surface area (Å²) in [6.45, 7) is 1.64. The molecule has 1 atom stereocenters. The molecule has 1 aliphatic rings. The van der Waals surface area contributed by atoms with Crippen molar-refractivity contribution < 1.29 is 35.8 Å². The van der Waals surface area contributed by atoms with Gasteiger partial charge < -0.3 is 9.84 Å². The van der Waals surface area contributed by atoms with Crippen LogP contribution < -0.4 is 4.74 Å². The fraction of sp³-hybridized carbons (Fsp3) is 0.294. The summed E-state index contributed by atoms with van der Waals surface area (Å²) in [5.41, 5.74) is -5.05. The van der Waals surface area contributed by atoms with Crippen molar-refractivity contribution in [2.45, 2.75) is 36.3 Å². The van der Waals surface area contributed by atoms with E-state index >= 15 is 0 Å². The van der Waals surface area contributed by atoms with Crippen LogP contribution >= 0.6 is 0 Å². The summed E-state index contributed by atoms with van der Waals surface area (Å²) >= 11 is 0. The fourth-order valence-corrected chi connectivity index (χ4v) is 4.06. The monoisotopic (exact) mass is 390 g/mol. The highest BCUT2D eigenvalue weighted by Crippen LogP contribution is 2.45. The zero-order valence-electron chi connectivity index (χ0n) is 13.5. The second-order valence-electron chi connectivity index (χ2n) is 6.02. The molecule has 4 nitrogen and oxygen atoms in total. The summed E-state index contributed by atoms with van der Waals surface area (Å²) in [6.07, 6.45) is -1.14. The highest BCUT2D eigenvalue weighted by Gasteiger charge is 2.49. The molecule has 0 fully saturated rings. The van der Waals surface area contributed by atoms with Gasteiger partial charge in [0.05, 0.1) is 11.0 Å². The van der Waals surface area contributed by atoms with Crippen LogP contribution in [0.25, 0.3) is 0 Å². The maximum absolute atomic E-state index is 13.5. The minimum absolute atomic E-state index is 0.0677. The highest BCUT2D eigenvalue weighted by atomic mass is 32.2. The number of halogens is 4. The molecule has 0 unspecified atom stereocenters. The molecule has 140 valence electrons. The first-order chi connectivity index (χ1) is 12.0. The summed E-state index contributed by atoms with van der Waals surface area (Å²) in [5.74, 6) is -0.340. The minimum atomic E-state index is -5.61. The van der Waals surface area contributed by atoms with E-state index in [0.29, 0.717) is 5.56 Å². The van der Waals surface area contributed by atoms with Gasteiger partial charge in [0.2, 0.25) is 0 Å². The van der Waals surface area contributed by atoms with Crippen LogP contribution in [0.2, 0.25) is 0 Å². The Kier molecular flexibility index (Phi) is 4.48. The van der Waals surface area contributed by atoms with Crippen molar-refractivity contribution in [3.8, 4) is 11.5 Å². The molecule has 0 bridgehead atoms. The molecule has 9 heteroatoms. The minimum Gasteiger partial charge on any atom is -0.457 e. The first kappa shape index (κ1) is 18.7. The predicted molar refractivity (Wildman–Crippen MR) is 84.2 cm³/mol. The van der Waals surface area contributed by atoms with Crippen LogP contribution in [0.15, 0.2) is 35.2 Å². The first-order valence-electron chi connectivity index (χ1n) is 7.61. The molecule has 26 heavy (non-hydrogen) atoms. The van der Waals surface area contributed by atoms with Crippen LogP contribution in [0.3, 0.4) is 0 Å². The van der Waals surface area contributed by atoms with E-state index in [4.69, 9.17) is 4.74 Å². The van der Waals surface area contributed by atoms with Gasteiger partial charge in [0.15, 0.2) is 0 Å². The van der Waals surface area contributed by atoms with Crippen LogP contribution in [0.4, 0.5) is 17.6 Å². The summed E-state index contributed by atoms with van der Waals surface area (Å²) in [7, 11) is -5.61. The first-order valence-corrected chi connectivity index (χ1v) is 9.09. The number of benzene rings is 2. The molecule has 0 amide bonds. The van der Waals surface area contributed by atoms with E-state index < -0.39 is 32.2 Å². The number of sulfone groups is 1. The third-order valence-electron chi connectivity index (χ3n) is 4.11. The predicted octanol–water partition coefficient (Wildman–Crippen LogP) is 4.20. The summed E-state index contributed by atoms with van der Waals surface area (Å²) < 4.78 is 81.4. The molecule has 0 heterocycles. The Morgan fingerprint density at radius 1 is 1.19 bits per heavy atom. The summed E-state index contributed by atoms with van der Waals surface area (Å²) in [5, 5.41) is 10.0. The van der Waals surface area contributed by atoms with E-state index in [2.05, 4.69) is 0 Å². The maximum Gasteiger partial charge on any atom is 0.501 e. The average molecular weight is 390 g/mol. The lowest BCUT2D eigenvalue weighted by molar-refractivity contribution is -0.0437. The second kappa shape index (κ2) is 6.24. The number of hydrogen-bond donors (Lipinski definition) is 1. The number of alkyl halides is 3. The fourth-order valence-electron chi connectivity index (χ4n) is 3.02. The SMILES string of the molecule is Cc1cc(F)cc(Oc2ccc(S(=O)(=O)C(F)(F)F)c3c2CC[C@H]3O)c1. The van der Waals surface area contributed by atoms with Gasteiger partial charge in [-0.25, -0.2) is 12.8 Å². The lowest BCUT2D eigenvalue weighted by Crippen LogP contribution is -2.24. The Hall–Kier alpha value is -2.13. The summed E-state index contributed by atoms with van der Waals surface area (Å²) in [6, 6.07) is 5.76. The van der Waals surface area contributed by atoms with Crippen molar-refractivity contribution >= 4 is 9.84 Å². The summed E-state index contributed by atoms with van der Waals surface area (Å²) in [4.78, 5) is -0.979. The normalized spacial score (nSPS) is 17.2. The van der Waals surface area contributed by atoms with E-state index in [9.17, 15) is 31.1 Å². The smallest absolute Gasteiger partial charge is 0.457 e. The third kappa shape index (κ3) is 3.16. The average Bonchev–Trinajstić information content (AvgIpc) is 2.88. The highest BCUT2D eigenvalue weighted by molar-refractivity contribution is 7.92. The van der Waals surface area contributed by atoms with Crippen LogP contribution in [-0.4, -0.2) is 19.0 Å². The van der Waals surface area contributed by atoms with Gasteiger partial charge in [-0.15, -0.1) is 0 Å². The Morgan fingerprint density at radius 3 is 2.50 bits per heavy atom. The number of rotatable bonds is 3. The molecule has 0 aromatic heterocycles. The topological polar surface area (TPSA) is 63.6 Å². The van der Waals surface area contributed by atoms with E-state index in [1.165, 1.54) is 12.1 Å². The quantitative estimate of drug-likeness (QED) is 0.798. The second-order valence-corrected chi connectivity index (χ2v) is 7.93. The number of aryl methyl sites for hydroxylation is 1. The van der Waals surface area contributed by atoms with Crippen molar-refractivity contribution in [1.82, 2.24) is 0 Å². The standard InChI is InChI=1S/C17H14F4O4S/c1-9-6-10(18)8-11(7-9)25-14-4-5-15(26(23,24)17(19,20)21)16-12(14)2-3-13(16)22/h4-8,13,22H,2-3H2,1H3/t13-/m1/s1. The van der Waals surface area contributed by atoms with Crippen LogP contribution in [-0.2, 0) is 16.3 Å². The van der Waals surface area contributed by atoms with E-state index in [1.54, 1.807) is 6.92 Å². The largest absolute Gasteiger partial charge is 0.501 e. The van der Waals surface area contributed by atoms with Gasteiger partial charge in [0.25, 0.3) is 9.84 Å². The van der Waals surface area contributed by atoms with Crippen LogP contribution in [0.1, 0.15) is 29.2 Å². The van der Waals surface area contributed by atoms with Crippen LogP contribution in [0, 0.1) is 12.7 Å². The number of aliphatic hydroxyl groups is 1. The van der Waals surface area contributed by atoms with Gasteiger partial charge in [-0.2, -0.15) is 13.2 Å². The van der Waals surface area contributed by atoms with Gasteiger partial charge in [0, 0.05) is 17.2 Å². The molecule has 1 N–H and O–H groups in total. The Bertz CT molecular complexity index is 947. The van der Waals surface area contributed by atoms with Gasteiger partial charge in [-0.3, -0.25) is 0 Å². The molecule has 2 aromatic rings. The molecular formula is C17H14F4O4S. The van der Waals surface area contributed by atoms with Crippen molar-refractivity contribution in [2.75, 3.05) is 0 Å². The van der Waals surface area contributed by atoms with Gasteiger partial charge in [-0.1, -0.05) is 0 Å². The molecule has 0 saturated carbocycles. The Balaban J connectivity index is 2.11. The van der Waals surface area contributed by atoms with E-state index in [0.717, 1.165) is 18.2 Å². The number of hydrogen-bond acceptors (Lipinski definition) is 4. The molecule has 0 aliphatic heterocycles. The van der Waals surface area contributed by atoms with Gasteiger partial charge >= 0.3 is 5.51 Å². The number of aliphatic hydroxyl groups excluding tert-OH is 1. The molecule has 3 rings (SSSR count). The van der Waals surface area contributed by atoms with Crippen molar-refractivity contribution in [1.29, 1.82) is 0 Å². The van der Waals surface area contributed by atoms with E-state index in [-0.39, 0.29) is 35.5 Å². The van der Waals surface area contributed by atoms with Crippen molar-refractivity contribution in [3.05, 3.63) is 52.8 Å². The number of ether oxygens (including phenoxy) is 1. The lowest BCUT2D eigenvalue weighted by Gasteiger charge is -2.17.